The van der Waals surface area contributed by atoms with Gasteiger partial charge in [-0.15, -0.1) is 0 Å². The Labute approximate surface area is 113 Å². The summed E-state index contributed by atoms with van der Waals surface area (Å²) < 4.78 is 5.39. The van der Waals surface area contributed by atoms with Gasteiger partial charge in [0.1, 0.15) is 0 Å². The molecule has 1 aliphatic carbocycles. The summed E-state index contributed by atoms with van der Waals surface area (Å²) in [5.41, 5.74) is 0. The van der Waals surface area contributed by atoms with Gasteiger partial charge in [0.25, 0.3) is 0 Å². The average Bonchev–Trinajstić information content (AvgIpc) is 2.83. The van der Waals surface area contributed by atoms with Gasteiger partial charge in [0.15, 0.2) is 0 Å². The van der Waals surface area contributed by atoms with Crippen molar-refractivity contribution >= 4 is 11.9 Å². The van der Waals surface area contributed by atoms with Crippen molar-refractivity contribution < 1.29 is 19.4 Å². The third kappa shape index (κ3) is 3.93. The average molecular weight is 269 g/mol. The van der Waals surface area contributed by atoms with Crippen LogP contribution in [-0.4, -0.2) is 36.2 Å². The molecule has 0 radical (unpaired) electrons. The van der Waals surface area contributed by atoms with Crippen molar-refractivity contribution in [3.63, 3.8) is 0 Å². The first-order chi connectivity index (χ1) is 9.06. The van der Waals surface area contributed by atoms with Crippen LogP contribution < -0.4 is 5.32 Å². The molecule has 1 aliphatic heterocycles. The van der Waals surface area contributed by atoms with Gasteiger partial charge in [0.05, 0.1) is 24.5 Å². The Balaban J connectivity index is 1.66. The van der Waals surface area contributed by atoms with E-state index >= 15 is 0 Å². The topological polar surface area (TPSA) is 75.6 Å². The van der Waals surface area contributed by atoms with Crippen LogP contribution in [0.5, 0.6) is 0 Å². The second kappa shape index (κ2) is 6.37. The van der Waals surface area contributed by atoms with Crippen LogP contribution in [0.2, 0.25) is 0 Å². The van der Waals surface area contributed by atoms with Gasteiger partial charge in [-0.25, -0.2) is 0 Å². The third-order valence-corrected chi connectivity index (χ3v) is 4.33. The summed E-state index contributed by atoms with van der Waals surface area (Å²) in [7, 11) is 0. The van der Waals surface area contributed by atoms with E-state index in [1.807, 2.05) is 6.92 Å². The molecule has 2 N–H and O–H groups in total. The second-order valence-electron chi connectivity index (χ2n) is 5.88. The quantitative estimate of drug-likeness (QED) is 0.809. The fraction of sp³-hybridized carbons (Fsp3) is 0.857. The zero-order valence-electron chi connectivity index (χ0n) is 11.4. The van der Waals surface area contributed by atoms with Gasteiger partial charge in [-0.3, -0.25) is 9.59 Å². The maximum atomic E-state index is 11.9. The Morgan fingerprint density at radius 2 is 1.89 bits per heavy atom. The molecule has 2 atom stereocenters. The van der Waals surface area contributed by atoms with Crippen molar-refractivity contribution in [2.75, 3.05) is 13.2 Å². The SMILES string of the molecule is CC1CC(C(=O)NCC2CCC(C(=O)O)CC2)CO1. The van der Waals surface area contributed by atoms with Crippen molar-refractivity contribution in [2.45, 2.75) is 45.1 Å². The maximum Gasteiger partial charge on any atom is 0.306 e. The lowest BCUT2D eigenvalue weighted by Gasteiger charge is -2.26. The Bertz CT molecular complexity index is 336. The van der Waals surface area contributed by atoms with Crippen LogP contribution in [0.15, 0.2) is 0 Å². The molecule has 2 unspecified atom stereocenters. The molecule has 1 heterocycles. The molecule has 1 saturated heterocycles. The molecule has 5 heteroatoms. The van der Waals surface area contributed by atoms with E-state index in [0.29, 0.717) is 19.1 Å². The van der Waals surface area contributed by atoms with Crippen LogP contribution in [0, 0.1) is 17.8 Å². The Morgan fingerprint density at radius 1 is 1.21 bits per heavy atom. The van der Waals surface area contributed by atoms with Gasteiger partial charge < -0.3 is 15.2 Å². The lowest BCUT2D eigenvalue weighted by molar-refractivity contribution is -0.143. The van der Waals surface area contributed by atoms with Gasteiger partial charge >= 0.3 is 5.97 Å². The first-order valence-corrected chi connectivity index (χ1v) is 7.18. The van der Waals surface area contributed by atoms with Crippen molar-refractivity contribution in [1.82, 2.24) is 5.32 Å². The molecule has 0 bridgehead atoms. The Hall–Kier alpha value is -1.10. The van der Waals surface area contributed by atoms with Crippen molar-refractivity contribution in [3.8, 4) is 0 Å². The summed E-state index contributed by atoms with van der Waals surface area (Å²) in [6.45, 7) is 3.19. The van der Waals surface area contributed by atoms with E-state index in [2.05, 4.69) is 5.32 Å². The minimum atomic E-state index is -0.681. The van der Waals surface area contributed by atoms with E-state index in [-0.39, 0.29) is 23.8 Å². The fourth-order valence-electron chi connectivity index (χ4n) is 3.00. The standard InChI is InChI=1S/C14H23NO4/c1-9-6-12(8-19-9)13(16)15-7-10-2-4-11(5-3-10)14(17)18/h9-12H,2-8H2,1H3,(H,15,16)(H,17,18). The zero-order chi connectivity index (χ0) is 13.8. The third-order valence-electron chi connectivity index (χ3n) is 4.33. The lowest BCUT2D eigenvalue weighted by atomic mass is 9.82. The number of hydrogen-bond donors (Lipinski definition) is 2. The van der Waals surface area contributed by atoms with Crippen LogP contribution in [0.1, 0.15) is 39.0 Å². The van der Waals surface area contributed by atoms with Gasteiger partial charge in [-0.2, -0.15) is 0 Å². The smallest absolute Gasteiger partial charge is 0.306 e. The molecular weight excluding hydrogens is 246 g/mol. The van der Waals surface area contributed by atoms with Gasteiger partial charge in [-0.1, -0.05) is 0 Å². The molecule has 0 aromatic carbocycles. The predicted molar refractivity (Wildman–Crippen MR) is 69.6 cm³/mol. The maximum absolute atomic E-state index is 11.9. The number of nitrogens with one attached hydrogen (secondary N) is 1. The number of amides is 1. The fourth-order valence-corrected chi connectivity index (χ4v) is 3.00. The first kappa shape index (κ1) is 14.3. The number of hydrogen-bond acceptors (Lipinski definition) is 3. The van der Waals surface area contributed by atoms with E-state index in [9.17, 15) is 9.59 Å². The molecule has 1 amide bonds. The van der Waals surface area contributed by atoms with Crippen molar-refractivity contribution in [1.29, 1.82) is 0 Å². The van der Waals surface area contributed by atoms with Gasteiger partial charge in [-0.05, 0) is 44.9 Å². The summed E-state index contributed by atoms with van der Waals surface area (Å²) in [5.74, 6) is -0.357. The lowest BCUT2D eigenvalue weighted by Crippen LogP contribution is -2.36. The summed E-state index contributed by atoms with van der Waals surface area (Å²) in [6.07, 6.45) is 4.25. The number of rotatable bonds is 4. The molecule has 2 fully saturated rings. The predicted octanol–water partition coefficient (Wildman–Crippen LogP) is 1.42. The minimum absolute atomic E-state index is 0.00893. The highest BCUT2D eigenvalue weighted by Gasteiger charge is 2.30. The number of carboxylic acid groups (broad SMARTS) is 1. The van der Waals surface area contributed by atoms with Crippen LogP contribution in [0.3, 0.4) is 0 Å². The highest BCUT2D eigenvalue weighted by atomic mass is 16.5. The number of aliphatic carboxylic acids is 1. The molecule has 2 rings (SSSR count). The van der Waals surface area contributed by atoms with Crippen molar-refractivity contribution in [3.05, 3.63) is 0 Å². The van der Waals surface area contributed by atoms with E-state index < -0.39 is 5.97 Å². The number of carbonyl (C=O) groups excluding carboxylic acids is 1. The summed E-state index contributed by atoms with van der Waals surface area (Å²) >= 11 is 0. The minimum Gasteiger partial charge on any atom is -0.481 e. The summed E-state index contributed by atoms with van der Waals surface area (Å²) in [4.78, 5) is 22.8. The molecular formula is C14H23NO4. The molecule has 0 aromatic rings. The molecule has 5 nitrogen and oxygen atoms in total. The number of carboxylic acids is 1. The Morgan fingerprint density at radius 3 is 2.42 bits per heavy atom. The second-order valence-corrected chi connectivity index (χ2v) is 5.88. The Kier molecular flexibility index (Phi) is 4.80. The van der Waals surface area contributed by atoms with Crippen LogP contribution in [0.25, 0.3) is 0 Å². The highest BCUT2D eigenvalue weighted by molar-refractivity contribution is 5.79. The molecule has 2 aliphatic rings. The molecule has 108 valence electrons. The highest BCUT2D eigenvalue weighted by Crippen LogP contribution is 2.28. The number of carbonyl (C=O) groups is 2. The largest absolute Gasteiger partial charge is 0.481 e. The van der Waals surface area contributed by atoms with E-state index in [1.165, 1.54) is 0 Å². The first-order valence-electron chi connectivity index (χ1n) is 7.18. The summed E-state index contributed by atoms with van der Waals surface area (Å²) in [5, 5.41) is 11.9. The van der Waals surface area contributed by atoms with Gasteiger partial charge in [0.2, 0.25) is 5.91 Å². The van der Waals surface area contributed by atoms with E-state index in [1.54, 1.807) is 0 Å². The number of ether oxygens (including phenoxy) is 1. The van der Waals surface area contributed by atoms with Crippen LogP contribution >= 0.6 is 0 Å². The summed E-state index contributed by atoms with van der Waals surface area (Å²) in [6, 6.07) is 0. The molecule has 0 spiro atoms. The monoisotopic (exact) mass is 269 g/mol. The zero-order valence-corrected chi connectivity index (χ0v) is 11.4. The normalized spacial score (nSPS) is 35.0. The van der Waals surface area contributed by atoms with E-state index in [0.717, 1.165) is 32.1 Å². The van der Waals surface area contributed by atoms with Crippen LogP contribution in [-0.2, 0) is 14.3 Å². The van der Waals surface area contributed by atoms with Crippen LogP contribution in [0.4, 0.5) is 0 Å². The van der Waals surface area contributed by atoms with E-state index in [4.69, 9.17) is 9.84 Å². The molecule has 19 heavy (non-hydrogen) atoms. The van der Waals surface area contributed by atoms with Gasteiger partial charge in [0, 0.05) is 6.54 Å². The molecule has 1 saturated carbocycles. The molecule has 0 aromatic heterocycles. The van der Waals surface area contributed by atoms with Crippen molar-refractivity contribution in [2.24, 2.45) is 17.8 Å².